The minimum Gasteiger partial charge on any atom is -0.369 e. The molecule has 0 saturated carbocycles. The number of anilines is 1. The molecule has 10 nitrogen and oxygen atoms in total. The summed E-state index contributed by atoms with van der Waals surface area (Å²) in [4.78, 5) is 42.8. The molecule has 1 unspecified atom stereocenters. The van der Waals surface area contributed by atoms with E-state index in [1.807, 2.05) is 10.9 Å². The van der Waals surface area contributed by atoms with Crippen LogP contribution in [0.1, 0.15) is 55.2 Å². The molecule has 3 amide bonds. The number of benzene rings is 1. The molecule has 2 aromatic rings. The highest BCUT2D eigenvalue weighted by Crippen LogP contribution is 2.35. The topological polar surface area (TPSA) is 104 Å². The van der Waals surface area contributed by atoms with Crippen molar-refractivity contribution in [3.05, 3.63) is 41.0 Å². The van der Waals surface area contributed by atoms with Crippen LogP contribution in [0.15, 0.2) is 18.3 Å². The van der Waals surface area contributed by atoms with E-state index in [0.717, 1.165) is 24.3 Å². The van der Waals surface area contributed by atoms with Crippen molar-refractivity contribution in [2.75, 3.05) is 31.1 Å². The number of piperazine rings is 1. The lowest BCUT2D eigenvalue weighted by molar-refractivity contribution is -0.136. The Morgan fingerprint density at radius 3 is 2.51 bits per heavy atom. The summed E-state index contributed by atoms with van der Waals surface area (Å²) in [7, 11) is 0. The van der Waals surface area contributed by atoms with E-state index in [9.17, 15) is 18.8 Å². The van der Waals surface area contributed by atoms with Gasteiger partial charge in [-0.2, -0.15) is 0 Å². The summed E-state index contributed by atoms with van der Waals surface area (Å²) < 4.78 is 16.4. The van der Waals surface area contributed by atoms with Crippen LogP contribution in [0, 0.1) is 5.82 Å². The third-order valence-electron chi connectivity index (χ3n) is 6.92. The second-order valence-electron chi connectivity index (χ2n) is 10.4. The fourth-order valence-electron chi connectivity index (χ4n) is 4.96. The molecule has 0 spiro atoms. The van der Waals surface area contributed by atoms with Gasteiger partial charge in [-0.3, -0.25) is 24.6 Å². The first-order valence-electron chi connectivity index (χ1n) is 12.0. The highest BCUT2D eigenvalue weighted by atomic mass is 19.1. The maximum atomic E-state index is 14.6. The minimum absolute atomic E-state index is 0.124. The summed E-state index contributed by atoms with van der Waals surface area (Å²) in [6.07, 6.45) is 2.44. The molecule has 0 radical (unpaired) electrons. The lowest BCUT2D eigenvalue weighted by atomic mass is 10.0. The molecule has 2 saturated heterocycles. The number of fused-ring (bicyclic) bond motifs is 1. The molecule has 1 atom stereocenters. The monoisotopic (exact) mass is 483 g/mol. The fourth-order valence-corrected chi connectivity index (χ4v) is 4.96. The van der Waals surface area contributed by atoms with Crippen LogP contribution in [0.3, 0.4) is 0 Å². The Morgan fingerprint density at radius 1 is 1.11 bits per heavy atom. The van der Waals surface area contributed by atoms with E-state index in [-0.39, 0.29) is 36.7 Å². The first kappa shape index (κ1) is 23.4. The second kappa shape index (κ2) is 8.71. The average molecular weight is 484 g/mol. The molecule has 11 heteroatoms. The molecule has 1 N–H and O–H groups in total. The molecule has 0 bridgehead atoms. The summed E-state index contributed by atoms with van der Waals surface area (Å²) >= 11 is 0. The molecule has 35 heavy (non-hydrogen) atoms. The van der Waals surface area contributed by atoms with Crippen molar-refractivity contribution in [2.45, 2.75) is 58.3 Å². The molecule has 3 aliphatic rings. The van der Waals surface area contributed by atoms with Gasteiger partial charge in [0.05, 0.1) is 17.4 Å². The van der Waals surface area contributed by atoms with Crippen LogP contribution in [0.5, 0.6) is 0 Å². The Kier molecular flexibility index (Phi) is 5.82. The quantitative estimate of drug-likeness (QED) is 0.653. The molecular weight excluding hydrogens is 453 g/mol. The Balaban J connectivity index is 1.28. The standard InChI is InChI=1S/C24H30FN7O3/c1-24(2,3)32-13-16(27-28-32)12-29-6-8-30(9-7-29)20-11-15(25)10-17-18(20)14-31(23(17)35)19-4-5-21(33)26-22(19)34/h10-11,13,19H,4-9,12,14H2,1-3H3,(H,26,33,34). The SMILES string of the molecule is CC(C)(C)n1cc(CN2CCN(c3cc(F)cc4c3CN(C3CCC(=O)NC3=O)C4=O)CC2)nn1. The van der Waals surface area contributed by atoms with E-state index in [1.165, 1.54) is 17.0 Å². The highest BCUT2D eigenvalue weighted by molar-refractivity contribution is 6.06. The van der Waals surface area contributed by atoms with Crippen LogP contribution in [0.25, 0.3) is 0 Å². The molecule has 0 aliphatic carbocycles. The Labute approximate surface area is 203 Å². The molecule has 3 aliphatic heterocycles. The number of nitrogens with one attached hydrogen (secondary N) is 1. The van der Waals surface area contributed by atoms with Gasteiger partial charge in [0, 0.05) is 62.5 Å². The first-order chi connectivity index (χ1) is 16.6. The molecule has 5 rings (SSSR count). The summed E-state index contributed by atoms with van der Waals surface area (Å²) in [5.74, 6) is -1.64. The van der Waals surface area contributed by atoms with Gasteiger partial charge >= 0.3 is 0 Å². The normalized spacial score (nSPS) is 21.5. The van der Waals surface area contributed by atoms with E-state index in [0.29, 0.717) is 30.9 Å². The van der Waals surface area contributed by atoms with Crippen LogP contribution >= 0.6 is 0 Å². The van der Waals surface area contributed by atoms with E-state index < -0.39 is 17.8 Å². The van der Waals surface area contributed by atoms with Crippen molar-refractivity contribution >= 4 is 23.4 Å². The lowest BCUT2D eigenvalue weighted by Crippen LogP contribution is -2.52. The maximum absolute atomic E-state index is 14.6. The number of carbonyl (C=O) groups is 3. The maximum Gasteiger partial charge on any atom is 0.255 e. The molecule has 1 aromatic heterocycles. The minimum atomic E-state index is -0.720. The van der Waals surface area contributed by atoms with Crippen molar-refractivity contribution in [3.63, 3.8) is 0 Å². The van der Waals surface area contributed by atoms with Crippen LogP contribution in [0.4, 0.5) is 10.1 Å². The van der Waals surface area contributed by atoms with Gasteiger partial charge in [0.1, 0.15) is 11.9 Å². The second-order valence-corrected chi connectivity index (χ2v) is 10.4. The Bertz CT molecular complexity index is 1180. The highest BCUT2D eigenvalue weighted by Gasteiger charge is 2.41. The number of amides is 3. The van der Waals surface area contributed by atoms with Gasteiger partial charge in [-0.15, -0.1) is 5.10 Å². The van der Waals surface area contributed by atoms with Gasteiger partial charge in [0.2, 0.25) is 11.8 Å². The van der Waals surface area contributed by atoms with Crippen molar-refractivity contribution in [1.29, 1.82) is 0 Å². The largest absolute Gasteiger partial charge is 0.369 e. The molecule has 2 fully saturated rings. The number of halogens is 1. The summed E-state index contributed by atoms with van der Waals surface area (Å²) in [6, 6.07) is 2.01. The Morgan fingerprint density at radius 2 is 1.86 bits per heavy atom. The molecule has 186 valence electrons. The van der Waals surface area contributed by atoms with Crippen LogP contribution < -0.4 is 10.2 Å². The predicted octanol–water partition coefficient (Wildman–Crippen LogP) is 1.26. The van der Waals surface area contributed by atoms with Gasteiger partial charge in [-0.05, 0) is 39.3 Å². The van der Waals surface area contributed by atoms with E-state index in [2.05, 4.69) is 46.2 Å². The van der Waals surface area contributed by atoms with Crippen LogP contribution in [-0.4, -0.2) is 74.7 Å². The van der Waals surface area contributed by atoms with Crippen molar-refractivity contribution < 1.29 is 18.8 Å². The number of carbonyl (C=O) groups excluding carboxylic acids is 3. The summed E-state index contributed by atoms with van der Waals surface area (Å²) in [6.45, 7) is 10.0. The number of nitrogens with zero attached hydrogens (tertiary/aromatic N) is 6. The molecule has 4 heterocycles. The van der Waals surface area contributed by atoms with Gasteiger partial charge in [-0.25, -0.2) is 9.07 Å². The van der Waals surface area contributed by atoms with Gasteiger partial charge in [0.15, 0.2) is 0 Å². The van der Waals surface area contributed by atoms with Crippen LogP contribution in [0.2, 0.25) is 0 Å². The molecular formula is C24H30FN7O3. The van der Waals surface area contributed by atoms with Crippen LogP contribution in [-0.2, 0) is 28.2 Å². The predicted molar refractivity (Wildman–Crippen MR) is 125 cm³/mol. The molecule has 1 aromatic carbocycles. The van der Waals surface area contributed by atoms with E-state index in [1.54, 1.807) is 0 Å². The fraction of sp³-hybridized carbons (Fsp3) is 0.542. The van der Waals surface area contributed by atoms with Crippen molar-refractivity contribution in [3.8, 4) is 0 Å². The lowest BCUT2D eigenvalue weighted by Gasteiger charge is -2.36. The number of rotatable bonds is 4. The zero-order valence-electron chi connectivity index (χ0n) is 20.3. The number of piperidine rings is 1. The average Bonchev–Trinajstić information content (AvgIpc) is 3.39. The number of hydrogen-bond donors (Lipinski definition) is 1. The smallest absolute Gasteiger partial charge is 0.255 e. The zero-order valence-corrected chi connectivity index (χ0v) is 20.3. The van der Waals surface area contributed by atoms with Crippen molar-refractivity contribution in [1.82, 2.24) is 30.1 Å². The number of imide groups is 1. The first-order valence-corrected chi connectivity index (χ1v) is 12.0. The van der Waals surface area contributed by atoms with Gasteiger partial charge in [-0.1, -0.05) is 5.21 Å². The number of hydrogen-bond acceptors (Lipinski definition) is 7. The Hall–Kier alpha value is -3.34. The number of aromatic nitrogens is 3. The van der Waals surface area contributed by atoms with Crippen molar-refractivity contribution in [2.24, 2.45) is 0 Å². The summed E-state index contributed by atoms with van der Waals surface area (Å²) in [5, 5.41) is 10.8. The van der Waals surface area contributed by atoms with Gasteiger partial charge < -0.3 is 9.80 Å². The zero-order chi connectivity index (χ0) is 24.9. The summed E-state index contributed by atoms with van der Waals surface area (Å²) in [5.41, 5.74) is 2.52. The van der Waals surface area contributed by atoms with E-state index >= 15 is 0 Å². The third kappa shape index (κ3) is 4.52. The third-order valence-corrected chi connectivity index (χ3v) is 6.92. The van der Waals surface area contributed by atoms with Gasteiger partial charge in [0.25, 0.3) is 5.91 Å². The van der Waals surface area contributed by atoms with E-state index in [4.69, 9.17) is 0 Å².